The molecule has 8 heteroatoms. The largest absolute Gasteiger partial charge is 0.467 e. The van der Waals surface area contributed by atoms with Gasteiger partial charge < -0.3 is 20.3 Å². The highest BCUT2D eigenvalue weighted by Crippen LogP contribution is 2.32. The van der Waals surface area contributed by atoms with E-state index >= 15 is 0 Å². The Labute approximate surface area is 215 Å². The molecule has 0 saturated carbocycles. The Kier molecular flexibility index (Phi) is 7.38. The third-order valence-corrected chi connectivity index (χ3v) is 6.39. The Morgan fingerprint density at radius 1 is 0.971 bits per heavy atom. The van der Waals surface area contributed by atoms with Crippen molar-refractivity contribution in [2.45, 2.75) is 26.4 Å². The van der Waals surface area contributed by atoms with Crippen molar-refractivity contribution in [3.05, 3.63) is 82.9 Å². The average molecular weight is 508 g/mol. The van der Waals surface area contributed by atoms with Crippen LogP contribution in [0.25, 0.3) is 11.1 Å². The van der Waals surface area contributed by atoms with Crippen LogP contribution in [0.1, 0.15) is 29.8 Å². The molecule has 180 valence electrons. The number of amides is 1. The highest BCUT2D eigenvalue weighted by atomic mass is 35.5. The summed E-state index contributed by atoms with van der Waals surface area (Å²) < 4.78 is 4.95. The maximum absolute atomic E-state index is 13.2. The molecule has 0 bridgehead atoms. The summed E-state index contributed by atoms with van der Waals surface area (Å²) in [4.78, 5) is 27.1. The molecule has 3 aromatic rings. The molecule has 1 unspecified atom stereocenters. The number of carbonyl (C=O) groups is 2. The predicted octanol–water partition coefficient (Wildman–Crippen LogP) is 5.97. The minimum atomic E-state index is -0.612. The Hall–Kier alpha value is -3.42. The van der Waals surface area contributed by atoms with E-state index in [-0.39, 0.29) is 11.8 Å². The van der Waals surface area contributed by atoms with Crippen LogP contribution in [0.4, 0.5) is 11.4 Å². The summed E-state index contributed by atoms with van der Waals surface area (Å²) in [7, 11) is 1.35. The lowest BCUT2D eigenvalue weighted by Crippen LogP contribution is -2.45. The number of nitrogens with zero attached hydrogens (tertiary/aromatic N) is 1. The fourth-order valence-corrected chi connectivity index (χ4v) is 4.54. The maximum atomic E-state index is 13.2. The van der Waals surface area contributed by atoms with Crippen molar-refractivity contribution in [2.24, 2.45) is 5.92 Å². The first-order valence-electron chi connectivity index (χ1n) is 11.2. The molecule has 0 fully saturated rings. The number of fused-ring (bicyclic) bond motifs is 1. The van der Waals surface area contributed by atoms with Crippen molar-refractivity contribution in [3.63, 3.8) is 0 Å². The van der Waals surface area contributed by atoms with E-state index in [1.807, 2.05) is 68.4 Å². The smallest absolute Gasteiger partial charge is 0.328 e. The number of anilines is 2. The molecule has 4 rings (SSSR count). The topological polar surface area (TPSA) is 70.7 Å². The summed E-state index contributed by atoms with van der Waals surface area (Å²) in [5, 5.41) is 7.40. The normalized spacial score (nSPS) is 13.4. The Balaban J connectivity index is 1.46. The van der Waals surface area contributed by atoms with E-state index in [1.165, 1.54) is 7.11 Å². The van der Waals surface area contributed by atoms with Crippen molar-refractivity contribution in [2.75, 3.05) is 17.7 Å². The summed E-state index contributed by atoms with van der Waals surface area (Å²) in [5.41, 5.74) is 5.09. The number of nitrogens with one attached hydrogen (secondary N) is 2. The first-order chi connectivity index (χ1) is 16.8. The molecule has 0 spiro atoms. The zero-order valence-corrected chi connectivity index (χ0v) is 21.2. The summed E-state index contributed by atoms with van der Waals surface area (Å²) >= 11 is 11.3. The van der Waals surface area contributed by atoms with Crippen LogP contribution in [0.2, 0.25) is 5.02 Å². The molecule has 1 amide bonds. The van der Waals surface area contributed by atoms with Gasteiger partial charge in [-0.3, -0.25) is 4.79 Å². The molecule has 35 heavy (non-hydrogen) atoms. The van der Waals surface area contributed by atoms with Crippen LogP contribution in [-0.4, -0.2) is 35.0 Å². The van der Waals surface area contributed by atoms with Crippen LogP contribution in [0, 0.1) is 5.92 Å². The van der Waals surface area contributed by atoms with E-state index in [4.69, 9.17) is 28.6 Å². The van der Waals surface area contributed by atoms with E-state index in [9.17, 15) is 9.59 Å². The predicted molar refractivity (Wildman–Crippen MR) is 144 cm³/mol. The lowest BCUT2D eigenvalue weighted by molar-refractivity contribution is -0.147. The number of methoxy groups -OCH3 is 1. The van der Waals surface area contributed by atoms with Crippen molar-refractivity contribution >= 4 is 52.2 Å². The van der Waals surface area contributed by atoms with Crippen LogP contribution in [0.3, 0.4) is 0 Å². The van der Waals surface area contributed by atoms with Gasteiger partial charge in [0, 0.05) is 28.5 Å². The van der Waals surface area contributed by atoms with Crippen LogP contribution >= 0.6 is 23.8 Å². The molecule has 3 aromatic carbocycles. The van der Waals surface area contributed by atoms with Crippen molar-refractivity contribution in [1.29, 1.82) is 0 Å². The molecule has 6 nitrogen and oxygen atoms in total. The van der Waals surface area contributed by atoms with Gasteiger partial charge in [0.25, 0.3) is 5.91 Å². The molecular weight excluding hydrogens is 482 g/mol. The van der Waals surface area contributed by atoms with Gasteiger partial charge >= 0.3 is 5.97 Å². The number of benzene rings is 3. The van der Waals surface area contributed by atoms with E-state index in [0.29, 0.717) is 22.2 Å². The Morgan fingerprint density at radius 2 is 1.54 bits per heavy atom. The first kappa shape index (κ1) is 24.7. The van der Waals surface area contributed by atoms with Crippen LogP contribution in [-0.2, 0) is 16.1 Å². The highest BCUT2D eigenvalue weighted by Gasteiger charge is 2.38. The molecular formula is C27H26ClN3O3S. The average Bonchev–Trinajstić information content (AvgIpc) is 3.16. The quantitative estimate of drug-likeness (QED) is 0.316. The fraction of sp³-hybridized carbons (Fsp3) is 0.222. The summed E-state index contributed by atoms with van der Waals surface area (Å²) in [6.45, 7) is 4.22. The number of halogens is 1. The minimum absolute atomic E-state index is 0.0551. The molecule has 1 aliphatic heterocycles. The minimum Gasteiger partial charge on any atom is -0.467 e. The van der Waals surface area contributed by atoms with Gasteiger partial charge in [-0.25, -0.2) is 4.79 Å². The first-order valence-corrected chi connectivity index (χ1v) is 12.0. The third-order valence-electron chi connectivity index (χ3n) is 5.93. The molecule has 0 saturated heterocycles. The van der Waals surface area contributed by atoms with Crippen molar-refractivity contribution < 1.29 is 14.3 Å². The van der Waals surface area contributed by atoms with Gasteiger partial charge in [0.1, 0.15) is 6.04 Å². The molecule has 1 atom stereocenters. The summed E-state index contributed by atoms with van der Waals surface area (Å²) in [6.07, 6.45) is 0. The van der Waals surface area contributed by atoms with Gasteiger partial charge in [-0.1, -0.05) is 49.7 Å². The number of rotatable bonds is 6. The summed E-state index contributed by atoms with van der Waals surface area (Å²) in [5.74, 6) is -0.601. The zero-order valence-electron chi connectivity index (χ0n) is 19.7. The number of hydrogen-bond acceptors (Lipinski definition) is 4. The van der Waals surface area contributed by atoms with Gasteiger partial charge in [-0.05, 0) is 77.3 Å². The second-order valence-corrected chi connectivity index (χ2v) is 9.53. The van der Waals surface area contributed by atoms with Gasteiger partial charge in [-0.15, -0.1) is 0 Å². The van der Waals surface area contributed by atoms with Crippen LogP contribution in [0.15, 0.2) is 66.7 Å². The van der Waals surface area contributed by atoms with Crippen LogP contribution in [0.5, 0.6) is 0 Å². The molecule has 0 radical (unpaired) electrons. The van der Waals surface area contributed by atoms with Gasteiger partial charge in [0.15, 0.2) is 5.11 Å². The molecule has 0 aromatic heterocycles. The number of thiocarbonyl (C=S) groups is 1. The fourth-order valence-electron chi connectivity index (χ4n) is 4.18. The van der Waals surface area contributed by atoms with E-state index in [1.54, 1.807) is 17.0 Å². The van der Waals surface area contributed by atoms with E-state index in [2.05, 4.69) is 10.6 Å². The van der Waals surface area contributed by atoms with Gasteiger partial charge in [0.05, 0.1) is 7.11 Å². The number of ether oxygens (including phenoxy) is 1. The standard InChI is InChI=1S/C27H26ClN3O3S/c1-16(2)24(26(33)34-3)31-15-19-5-4-18(14-23(19)25(31)32)17-6-10-21(11-7-17)29-27(35)30-22-12-8-20(28)9-13-22/h4-14,16,24H,15H2,1-3H3,(H2,29,30,35). The van der Waals surface area contributed by atoms with Gasteiger partial charge in [-0.2, -0.15) is 0 Å². The Bertz CT molecular complexity index is 1260. The molecule has 1 heterocycles. The van der Waals surface area contributed by atoms with E-state index in [0.717, 1.165) is 28.1 Å². The molecule has 0 aliphatic carbocycles. The van der Waals surface area contributed by atoms with Crippen molar-refractivity contribution in [1.82, 2.24) is 4.90 Å². The van der Waals surface area contributed by atoms with Gasteiger partial charge in [0.2, 0.25) is 0 Å². The maximum Gasteiger partial charge on any atom is 0.328 e. The second kappa shape index (κ2) is 10.5. The second-order valence-electron chi connectivity index (χ2n) is 8.68. The monoisotopic (exact) mass is 507 g/mol. The van der Waals surface area contributed by atoms with Crippen LogP contribution < -0.4 is 10.6 Å². The zero-order chi connectivity index (χ0) is 25.1. The number of esters is 1. The SMILES string of the molecule is COC(=O)C(C(C)C)N1Cc2ccc(-c3ccc(NC(=S)Nc4ccc(Cl)cc4)cc3)cc2C1=O. The van der Waals surface area contributed by atoms with E-state index < -0.39 is 12.0 Å². The molecule has 1 aliphatic rings. The summed E-state index contributed by atoms with van der Waals surface area (Å²) in [6, 6.07) is 20.3. The Morgan fingerprint density at radius 3 is 2.11 bits per heavy atom. The molecule has 2 N–H and O–H groups in total. The number of carbonyl (C=O) groups excluding carboxylic acids is 2. The van der Waals surface area contributed by atoms with Crippen molar-refractivity contribution in [3.8, 4) is 11.1 Å². The number of hydrogen-bond donors (Lipinski definition) is 2. The lowest BCUT2D eigenvalue weighted by atomic mass is 10.00. The lowest BCUT2D eigenvalue weighted by Gasteiger charge is -2.28. The third kappa shape index (κ3) is 5.47. The highest BCUT2D eigenvalue weighted by molar-refractivity contribution is 7.80.